The van der Waals surface area contributed by atoms with Crippen molar-refractivity contribution in [1.29, 1.82) is 0 Å². The number of carbonyl (C=O) groups excluding carboxylic acids is 8. The van der Waals surface area contributed by atoms with Crippen molar-refractivity contribution in [3.05, 3.63) is 239 Å². The Kier molecular flexibility index (Phi) is 35.1. The summed E-state index contributed by atoms with van der Waals surface area (Å²) in [6, 6.07) is 48.7. The number of hydrogen-bond acceptors (Lipinski definition) is 24. The van der Waals surface area contributed by atoms with E-state index in [9.17, 15) is 106 Å². The Balaban J connectivity index is 0.000000396. The Morgan fingerprint density at radius 1 is 0.146 bits per heavy atom. The number of rotatable bonds is 0. The van der Waals surface area contributed by atoms with Gasteiger partial charge in [0.2, 0.25) is 0 Å². The van der Waals surface area contributed by atoms with Gasteiger partial charge in [-0.25, -0.2) is 105 Å². The summed E-state index contributed by atoms with van der Waals surface area (Å²) < 4.78 is 193. The molecule has 32 nitrogen and oxygen atoms in total. The second-order valence-electron chi connectivity index (χ2n) is 19.4. The molecule has 0 atom stereocenters. The van der Waals surface area contributed by atoms with Gasteiger partial charge in [-0.15, -0.1) is 0 Å². The fourth-order valence-electron chi connectivity index (χ4n) is 8.96. The van der Waals surface area contributed by atoms with Crippen LogP contribution in [0.1, 0.15) is 82.9 Å². The van der Waals surface area contributed by atoms with Gasteiger partial charge < -0.3 is 0 Å². The van der Waals surface area contributed by atoms with Gasteiger partial charge in [0.05, 0.1) is 44.5 Å². The second kappa shape index (κ2) is 38.0. The summed E-state index contributed by atoms with van der Waals surface area (Å²) in [4.78, 5) is 88.4. The van der Waals surface area contributed by atoms with Crippen molar-refractivity contribution in [2.75, 3.05) is 0 Å². The van der Waals surface area contributed by atoms with Gasteiger partial charge in [-0.1, -0.05) is 97.1 Å². The zero-order valence-corrected chi connectivity index (χ0v) is 54.1. The third-order valence-corrected chi connectivity index (χ3v) is 24.3. The molecule has 8 aromatic rings. The molecule has 8 amide bonds. The summed E-state index contributed by atoms with van der Waals surface area (Å²) in [7, 11) is -28.4. The number of hydrogen-bond donors (Lipinski definition) is 8. The summed E-state index contributed by atoms with van der Waals surface area (Å²) in [5.41, 5.74) is 1.76. The number of carbonyl (C=O) groups is 8. The van der Waals surface area contributed by atoms with Crippen LogP contribution in [-0.2, 0) is 80.2 Å². The SMILES string of the molecule is O=C1NS(=O)(=O)c2ccccc21.O=C1NS(=O)(=O)c2ccccc21.O=C1NS(=O)(=O)c2ccccc21.O=C1NS(=O)(=O)c2ccccc21.O=C1NS(=O)(=O)c2ccccc21.O=C1NS(=O)(=O)c2ccccc21.O=C1NS(=O)(=O)c2ccccc21.O=C1NS(=O)(=O)c2ccccc21.[NaH].[NaH].[NaH].[NaH].[NaH].[NaH].[NaH]. The Bertz CT molecular complexity index is 4680. The average molecular weight is 1630 g/mol. The standard InChI is InChI=1S/8C7H5NO3S.7Na.7H/c8*9-7-5-3-1-2-4-6(5)12(10,11)8-7;;;;;;;;;;;;;;/h8*1-4H,(H,8,9);;;;;;;;;;;;;;. The van der Waals surface area contributed by atoms with E-state index >= 15 is 0 Å². The number of sulfonamides is 8. The molecular formula is C56H47N8Na7O24S8. The number of benzene rings is 8. The molecule has 103 heavy (non-hydrogen) atoms. The predicted molar refractivity (Wildman–Crippen MR) is 379 cm³/mol. The molecule has 8 aromatic carbocycles. The van der Waals surface area contributed by atoms with Crippen LogP contribution >= 0.6 is 0 Å². The molecule has 0 aliphatic carbocycles. The van der Waals surface area contributed by atoms with E-state index in [2.05, 4.69) is 0 Å². The van der Waals surface area contributed by atoms with Gasteiger partial charge in [0.1, 0.15) is 39.2 Å². The van der Waals surface area contributed by atoms with Gasteiger partial charge in [-0.3, -0.25) is 38.4 Å². The zero-order chi connectivity index (χ0) is 70.1. The van der Waals surface area contributed by atoms with Gasteiger partial charge in [0.15, 0.2) is 0 Å². The van der Waals surface area contributed by atoms with E-state index < -0.39 is 127 Å². The van der Waals surface area contributed by atoms with E-state index in [4.69, 9.17) is 0 Å². The summed E-state index contributed by atoms with van der Waals surface area (Å²) in [6.07, 6.45) is 0. The molecule has 8 N–H and O–H groups in total. The molecule has 0 spiro atoms. The third kappa shape index (κ3) is 21.8. The topological polar surface area (TPSA) is 506 Å². The van der Waals surface area contributed by atoms with Gasteiger partial charge in [-0.2, -0.15) is 0 Å². The monoisotopic (exact) mass is 1630 g/mol. The molecule has 0 bridgehead atoms. The van der Waals surface area contributed by atoms with Crippen molar-refractivity contribution in [1.82, 2.24) is 37.8 Å². The fraction of sp³-hybridized carbons (Fsp3) is 0. The molecule has 8 aliphatic heterocycles. The Morgan fingerprint density at radius 2 is 0.223 bits per heavy atom. The molecular weight excluding hydrogens is 1590 g/mol. The molecule has 8 heterocycles. The molecule has 0 unspecified atom stereocenters. The van der Waals surface area contributed by atoms with E-state index in [0.29, 0.717) is 0 Å². The van der Waals surface area contributed by atoms with Crippen LogP contribution in [0.3, 0.4) is 0 Å². The van der Waals surface area contributed by atoms with Crippen LogP contribution in [0.4, 0.5) is 0 Å². The normalized spacial score (nSPS) is 17.2. The molecule has 510 valence electrons. The van der Waals surface area contributed by atoms with Crippen LogP contribution in [0.5, 0.6) is 0 Å². The molecule has 0 aromatic heterocycles. The van der Waals surface area contributed by atoms with Gasteiger partial charge >= 0.3 is 207 Å². The summed E-state index contributed by atoms with van der Waals surface area (Å²) in [5.74, 6) is -4.40. The van der Waals surface area contributed by atoms with Crippen LogP contribution in [-0.4, -0.2) is 322 Å². The maximum atomic E-state index is 11.1. The first-order valence-corrected chi connectivity index (χ1v) is 38.0. The molecule has 16 rings (SSSR count). The average Bonchev–Trinajstić information content (AvgIpc) is 1.74. The second-order valence-corrected chi connectivity index (χ2v) is 32.7. The predicted octanol–water partition coefficient (Wildman–Crippen LogP) is -3.59. The first kappa shape index (κ1) is 95.2. The van der Waals surface area contributed by atoms with E-state index in [1.165, 1.54) is 97.1 Å². The molecule has 0 radical (unpaired) electrons. The number of amides is 8. The van der Waals surface area contributed by atoms with Crippen LogP contribution in [0.25, 0.3) is 0 Å². The van der Waals surface area contributed by atoms with Gasteiger partial charge in [-0.05, 0) is 97.1 Å². The molecule has 8 aliphatic rings. The van der Waals surface area contributed by atoms with Crippen LogP contribution in [0.15, 0.2) is 233 Å². The minimum absolute atomic E-state index is 0. The van der Waals surface area contributed by atoms with Crippen LogP contribution in [0.2, 0.25) is 0 Å². The van der Waals surface area contributed by atoms with Gasteiger partial charge in [0, 0.05) is 0 Å². The summed E-state index contributed by atoms with van der Waals surface area (Å²) in [5, 5.41) is 0. The van der Waals surface area contributed by atoms with E-state index in [-0.39, 0.29) is 291 Å². The fourth-order valence-corrected chi connectivity index (χ4v) is 18.3. The van der Waals surface area contributed by atoms with Crippen molar-refractivity contribution in [3.8, 4) is 0 Å². The Morgan fingerprint density at radius 3 is 0.301 bits per heavy atom. The number of fused-ring (bicyclic) bond motifs is 8. The van der Waals surface area contributed by atoms with E-state index in [1.54, 1.807) is 97.1 Å². The van der Waals surface area contributed by atoms with E-state index in [0.717, 1.165) is 0 Å². The Hall–Kier alpha value is -3.88. The summed E-state index contributed by atoms with van der Waals surface area (Å²) >= 11 is 0. The summed E-state index contributed by atoms with van der Waals surface area (Å²) in [6.45, 7) is 0. The first-order chi connectivity index (χ1) is 44.9. The number of nitrogens with one attached hydrogen (secondary N) is 8. The van der Waals surface area contributed by atoms with Crippen molar-refractivity contribution in [2.45, 2.75) is 39.2 Å². The zero-order valence-electron chi connectivity index (χ0n) is 47.5. The van der Waals surface area contributed by atoms with Crippen LogP contribution in [0, 0.1) is 0 Å². The van der Waals surface area contributed by atoms with Crippen molar-refractivity contribution < 1.29 is 106 Å². The van der Waals surface area contributed by atoms with Crippen LogP contribution < -0.4 is 37.8 Å². The molecule has 0 fully saturated rings. The quantitative estimate of drug-likeness (QED) is 0.0680. The third-order valence-electron chi connectivity index (χ3n) is 13.2. The molecule has 47 heteroatoms. The maximum absolute atomic E-state index is 11.1. The van der Waals surface area contributed by atoms with Crippen molar-refractivity contribution in [2.24, 2.45) is 0 Å². The Labute approximate surface area is 743 Å². The molecule has 0 saturated carbocycles. The molecule has 0 saturated heterocycles. The minimum atomic E-state index is -3.55. The van der Waals surface area contributed by atoms with Crippen molar-refractivity contribution in [3.63, 3.8) is 0 Å². The van der Waals surface area contributed by atoms with Gasteiger partial charge in [0.25, 0.3) is 127 Å². The van der Waals surface area contributed by atoms with Crippen molar-refractivity contribution >= 4 is 334 Å². The van der Waals surface area contributed by atoms with E-state index in [1.807, 2.05) is 37.8 Å². The first-order valence-electron chi connectivity index (χ1n) is 26.2.